The summed E-state index contributed by atoms with van der Waals surface area (Å²) in [5.41, 5.74) is -0.986. The average molecular weight is 430 g/mol. The van der Waals surface area contributed by atoms with E-state index in [1.165, 1.54) is 12.3 Å². The minimum absolute atomic E-state index is 0.0143. The first kappa shape index (κ1) is 24.0. The van der Waals surface area contributed by atoms with E-state index >= 15 is 0 Å². The Bertz CT molecular complexity index is 791. The summed E-state index contributed by atoms with van der Waals surface area (Å²) < 4.78 is 48.2. The number of nitrogens with zero attached hydrogens (tertiary/aromatic N) is 1. The van der Waals surface area contributed by atoms with Crippen molar-refractivity contribution in [3.05, 3.63) is 23.5 Å². The van der Waals surface area contributed by atoms with Gasteiger partial charge in [0.15, 0.2) is 6.61 Å². The molecule has 1 aromatic rings. The quantitative estimate of drug-likeness (QED) is 0.678. The highest BCUT2D eigenvalue weighted by Crippen LogP contribution is 2.44. The molecule has 9 heteroatoms. The molecular formula is C21H29F3N2O4. The van der Waals surface area contributed by atoms with Crippen molar-refractivity contribution in [2.24, 2.45) is 5.41 Å². The van der Waals surface area contributed by atoms with Gasteiger partial charge in [0.25, 0.3) is 5.91 Å². The van der Waals surface area contributed by atoms with Gasteiger partial charge in [-0.3, -0.25) is 9.78 Å². The number of alkyl halides is 3. The van der Waals surface area contributed by atoms with E-state index < -0.39 is 41.7 Å². The third-order valence-corrected chi connectivity index (χ3v) is 4.32. The molecule has 1 saturated carbocycles. The van der Waals surface area contributed by atoms with Gasteiger partial charge in [-0.15, -0.1) is 0 Å². The topological polar surface area (TPSA) is 77.5 Å². The highest BCUT2D eigenvalue weighted by Gasteiger charge is 2.37. The minimum atomic E-state index is -4.50. The van der Waals surface area contributed by atoms with Crippen LogP contribution in [0.5, 0.6) is 5.75 Å². The van der Waals surface area contributed by atoms with E-state index in [2.05, 4.69) is 10.3 Å². The zero-order valence-electron chi connectivity index (χ0n) is 18.1. The van der Waals surface area contributed by atoms with E-state index in [9.17, 15) is 22.8 Å². The lowest BCUT2D eigenvalue weighted by atomic mass is 9.86. The van der Waals surface area contributed by atoms with Gasteiger partial charge in [-0.25, -0.2) is 4.79 Å². The van der Waals surface area contributed by atoms with Gasteiger partial charge in [-0.05, 0) is 44.9 Å². The fourth-order valence-corrected chi connectivity index (χ4v) is 2.75. The molecule has 1 heterocycles. The molecule has 1 atom stereocenters. The maximum atomic E-state index is 12.8. The van der Waals surface area contributed by atoms with Crippen LogP contribution in [0.25, 0.3) is 0 Å². The number of esters is 1. The number of carbonyl (C=O) groups excluding carboxylic acids is 2. The molecule has 1 fully saturated rings. The molecule has 0 aliphatic heterocycles. The largest absolute Gasteiger partial charge is 0.484 e. The number of ether oxygens (including phenoxy) is 2. The Morgan fingerprint density at radius 2 is 1.77 bits per heavy atom. The molecule has 0 radical (unpaired) electrons. The van der Waals surface area contributed by atoms with E-state index in [0.717, 1.165) is 12.8 Å². The second kappa shape index (κ2) is 8.43. The Hall–Kier alpha value is -2.32. The van der Waals surface area contributed by atoms with Crippen molar-refractivity contribution in [3.8, 4) is 5.75 Å². The molecule has 1 unspecified atom stereocenters. The first-order valence-electron chi connectivity index (χ1n) is 9.80. The molecule has 6 nitrogen and oxygen atoms in total. The van der Waals surface area contributed by atoms with E-state index in [1.807, 2.05) is 0 Å². The van der Waals surface area contributed by atoms with Crippen LogP contribution in [-0.2, 0) is 9.53 Å². The fourth-order valence-electron chi connectivity index (χ4n) is 2.75. The molecule has 0 saturated heterocycles. The van der Waals surface area contributed by atoms with Gasteiger partial charge in [-0.1, -0.05) is 20.8 Å². The van der Waals surface area contributed by atoms with Crippen LogP contribution in [0.4, 0.5) is 13.2 Å². The molecule has 1 amide bonds. The molecule has 2 rings (SSSR count). The van der Waals surface area contributed by atoms with Gasteiger partial charge in [0.05, 0.1) is 0 Å². The molecule has 1 aliphatic rings. The molecule has 0 spiro atoms. The maximum Gasteiger partial charge on any atom is 0.422 e. The monoisotopic (exact) mass is 430 g/mol. The molecule has 1 aromatic heterocycles. The van der Waals surface area contributed by atoms with Crippen molar-refractivity contribution in [1.82, 2.24) is 10.3 Å². The third-order valence-electron chi connectivity index (χ3n) is 4.32. The zero-order chi connectivity index (χ0) is 22.9. The van der Waals surface area contributed by atoms with E-state index in [4.69, 9.17) is 9.47 Å². The van der Waals surface area contributed by atoms with Gasteiger partial charge in [0.2, 0.25) is 0 Å². The Labute approximate surface area is 174 Å². The lowest BCUT2D eigenvalue weighted by Gasteiger charge is -2.32. The molecule has 168 valence electrons. The third kappa shape index (κ3) is 7.18. The number of amides is 1. The van der Waals surface area contributed by atoms with Crippen molar-refractivity contribution in [2.75, 3.05) is 6.61 Å². The molecular weight excluding hydrogens is 401 g/mol. The second-order valence-electron chi connectivity index (χ2n) is 9.59. The normalized spacial score (nSPS) is 16.0. The number of nitrogens with one attached hydrogen (secondary N) is 1. The SMILES string of the molecule is CC(C)(C)OC(=O)C(NC(=O)c1cc(OCC(F)(F)F)c(C2CC2)cn1)C(C)(C)C. The number of pyridine rings is 1. The van der Waals surface area contributed by atoms with Crippen LogP contribution in [-0.4, -0.2) is 41.3 Å². The number of rotatable bonds is 6. The summed E-state index contributed by atoms with van der Waals surface area (Å²) in [6.07, 6.45) is -1.46. The number of halogens is 3. The van der Waals surface area contributed by atoms with E-state index in [-0.39, 0.29) is 17.4 Å². The zero-order valence-corrected chi connectivity index (χ0v) is 18.1. The van der Waals surface area contributed by atoms with Crippen LogP contribution in [0, 0.1) is 5.41 Å². The van der Waals surface area contributed by atoms with E-state index in [0.29, 0.717) is 5.56 Å². The smallest absolute Gasteiger partial charge is 0.422 e. The first-order chi connectivity index (χ1) is 13.6. The van der Waals surface area contributed by atoms with Crippen LogP contribution < -0.4 is 10.1 Å². The maximum absolute atomic E-state index is 12.8. The number of hydrogen-bond donors (Lipinski definition) is 1. The fraction of sp³-hybridized carbons (Fsp3) is 0.667. The molecule has 30 heavy (non-hydrogen) atoms. The average Bonchev–Trinajstić information content (AvgIpc) is 3.38. The molecule has 1 N–H and O–H groups in total. The van der Waals surface area contributed by atoms with Crippen molar-refractivity contribution in [3.63, 3.8) is 0 Å². The van der Waals surface area contributed by atoms with Crippen molar-refractivity contribution < 1.29 is 32.2 Å². The second-order valence-corrected chi connectivity index (χ2v) is 9.59. The Morgan fingerprint density at radius 1 is 1.17 bits per heavy atom. The van der Waals surface area contributed by atoms with Crippen molar-refractivity contribution >= 4 is 11.9 Å². The van der Waals surface area contributed by atoms with Gasteiger partial charge in [-0.2, -0.15) is 13.2 Å². The molecule has 0 aromatic carbocycles. The lowest BCUT2D eigenvalue weighted by molar-refractivity contribution is -0.160. The predicted molar refractivity (Wildman–Crippen MR) is 104 cm³/mol. The summed E-state index contributed by atoms with van der Waals surface area (Å²) in [7, 11) is 0. The van der Waals surface area contributed by atoms with Gasteiger partial charge < -0.3 is 14.8 Å². The summed E-state index contributed by atoms with van der Waals surface area (Å²) in [4.78, 5) is 29.4. The summed E-state index contributed by atoms with van der Waals surface area (Å²) in [5.74, 6) is -1.23. The standard InChI is InChI=1S/C21H29F3N2O4/c1-19(2,3)16(18(28)30-20(4,5)6)26-17(27)14-9-15(29-11-21(22,23)24)13(10-25-14)12-7-8-12/h9-10,12,16H,7-8,11H2,1-6H3,(H,26,27). The van der Waals surface area contributed by atoms with Gasteiger partial charge in [0, 0.05) is 17.8 Å². The number of hydrogen-bond acceptors (Lipinski definition) is 5. The lowest BCUT2D eigenvalue weighted by Crippen LogP contribution is -2.51. The minimum Gasteiger partial charge on any atom is -0.484 e. The summed E-state index contributed by atoms with van der Waals surface area (Å²) in [6.45, 7) is 9.00. The number of aromatic nitrogens is 1. The van der Waals surface area contributed by atoms with Crippen LogP contribution in [0.3, 0.4) is 0 Å². The summed E-state index contributed by atoms with van der Waals surface area (Å²) in [5, 5.41) is 2.61. The Morgan fingerprint density at radius 3 is 2.23 bits per heavy atom. The van der Waals surface area contributed by atoms with E-state index in [1.54, 1.807) is 41.5 Å². The highest BCUT2D eigenvalue weighted by molar-refractivity contribution is 5.95. The van der Waals surface area contributed by atoms with Gasteiger partial charge in [0.1, 0.15) is 23.1 Å². The Balaban J connectivity index is 2.24. The summed E-state index contributed by atoms with van der Waals surface area (Å²) in [6, 6.07) is 0.220. The van der Waals surface area contributed by atoms with Crippen molar-refractivity contribution in [2.45, 2.75) is 78.1 Å². The van der Waals surface area contributed by atoms with Crippen LogP contribution >= 0.6 is 0 Å². The summed E-state index contributed by atoms with van der Waals surface area (Å²) >= 11 is 0. The predicted octanol–water partition coefficient (Wildman–Crippen LogP) is 4.39. The highest BCUT2D eigenvalue weighted by atomic mass is 19.4. The van der Waals surface area contributed by atoms with Crippen LogP contribution in [0.15, 0.2) is 12.3 Å². The molecule has 0 bridgehead atoms. The first-order valence-corrected chi connectivity index (χ1v) is 9.80. The molecule has 1 aliphatic carbocycles. The van der Waals surface area contributed by atoms with Crippen LogP contribution in [0.2, 0.25) is 0 Å². The van der Waals surface area contributed by atoms with Crippen LogP contribution in [0.1, 0.15) is 76.4 Å². The Kier molecular flexibility index (Phi) is 6.73. The van der Waals surface area contributed by atoms with Crippen molar-refractivity contribution in [1.29, 1.82) is 0 Å². The number of carbonyl (C=O) groups is 2. The van der Waals surface area contributed by atoms with Gasteiger partial charge >= 0.3 is 12.1 Å².